The molecule has 2 aromatic carbocycles. The van der Waals surface area contributed by atoms with Crippen molar-refractivity contribution in [2.24, 2.45) is 0 Å². The van der Waals surface area contributed by atoms with Gasteiger partial charge in [0.05, 0.1) is 13.5 Å². The van der Waals surface area contributed by atoms with Crippen molar-refractivity contribution in [1.29, 1.82) is 0 Å². The van der Waals surface area contributed by atoms with Gasteiger partial charge in [0.15, 0.2) is 6.10 Å². The number of hydrogen-bond acceptors (Lipinski definition) is 5. The smallest absolute Gasteiger partial charge is 0.307 e. The van der Waals surface area contributed by atoms with Crippen molar-refractivity contribution in [2.75, 3.05) is 18.2 Å². The summed E-state index contributed by atoms with van der Waals surface area (Å²) in [6.07, 6.45) is -0.761. The van der Waals surface area contributed by atoms with Crippen molar-refractivity contribution in [2.45, 2.75) is 24.3 Å². The van der Waals surface area contributed by atoms with Crippen LogP contribution in [0.4, 0.5) is 10.1 Å². The van der Waals surface area contributed by atoms with Crippen LogP contribution in [0.2, 0.25) is 0 Å². The zero-order chi connectivity index (χ0) is 18.9. The standard InChI is InChI=1S/C19H20FNO4S/c1-13(19(23)21-15-4-3-5-16(12-15)24-2)25-18(22)10-11-26-17-8-6-14(20)7-9-17/h3-9,12-13H,10-11H2,1-2H3,(H,21,23)/t13-/m1/s1. The number of methoxy groups -OCH3 is 1. The van der Waals surface area contributed by atoms with Gasteiger partial charge < -0.3 is 14.8 Å². The minimum absolute atomic E-state index is 0.152. The Morgan fingerprint density at radius 3 is 2.62 bits per heavy atom. The Morgan fingerprint density at radius 1 is 1.19 bits per heavy atom. The van der Waals surface area contributed by atoms with Gasteiger partial charge in [-0.05, 0) is 43.3 Å². The maximum Gasteiger partial charge on any atom is 0.307 e. The highest BCUT2D eigenvalue weighted by Gasteiger charge is 2.18. The summed E-state index contributed by atoms with van der Waals surface area (Å²) in [6.45, 7) is 1.51. The number of esters is 1. The summed E-state index contributed by atoms with van der Waals surface area (Å²) in [4.78, 5) is 24.8. The highest BCUT2D eigenvalue weighted by atomic mass is 32.2. The molecule has 0 unspecified atom stereocenters. The van der Waals surface area contributed by atoms with Gasteiger partial charge in [0.1, 0.15) is 11.6 Å². The lowest BCUT2D eigenvalue weighted by molar-refractivity contribution is -0.152. The van der Waals surface area contributed by atoms with Crippen LogP contribution >= 0.6 is 11.8 Å². The summed E-state index contributed by atoms with van der Waals surface area (Å²) < 4.78 is 23.1. The summed E-state index contributed by atoms with van der Waals surface area (Å²) in [5.74, 6) is -0.0881. The number of ether oxygens (including phenoxy) is 2. The van der Waals surface area contributed by atoms with Crippen LogP contribution in [0.5, 0.6) is 5.75 Å². The molecule has 26 heavy (non-hydrogen) atoms. The van der Waals surface area contributed by atoms with Gasteiger partial charge in [-0.3, -0.25) is 9.59 Å². The minimum atomic E-state index is -0.912. The van der Waals surface area contributed by atoms with Crippen molar-refractivity contribution in [3.8, 4) is 5.75 Å². The number of benzene rings is 2. The second-order valence-corrected chi connectivity index (χ2v) is 6.57. The van der Waals surface area contributed by atoms with Crippen LogP contribution in [0, 0.1) is 5.82 Å². The third-order valence-corrected chi connectivity index (χ3v) is 4.42. The highest BCUT2D eigenvalue weighted by Crippen LogP contribution is 2.19. The normalized spacial score (nSPS) is 11.5. The maximum absolute atomic E-state index is 12.8. The summed E-state index contributed by atoms with van der Waals surface area (Å²) in [5, 5.41) is 2.67. The van der Waals surface area contributed by atoms with Crippen molar-refractivity contribution < 1.29 is 23.5 Å². The molecule has 7 heteroatoms. The van der Waals surface area contributed by atoms with E-state index in [-0.39, 0.29) is 12.2 Å². The number of carbonyl (C=O) groups excluding carboxylic acids is 2. The van der Waals surface area contributed by atoms with E-state index < -0.39 is 18.0 Å². The van der Waals surface area contributed by atoms with Crippen LogP contribution in [0.1, 0.15) is 13.3 Å². The first-order chi connectivity index (χ1) is 12.5. The van der Waals surface area contributed by atoms with E-state index in [1.807, 2.05) is 0 Å². The number of hydrogen-bond donors (Lipinski definition) is 1. The minimum Gasteiger partial charge on any atom is -0.497 e. The number of nitrogens with one attached hydrogen (secondary N) is 1. The summed E-state index contributed by atoms with van der Waals surface area (Å²) in [7, 11) is 1.54. The largest absolute Gasteiger partial charge is 0.497 e. The van der Waals surface area contributed by atoms with Crippen LogP contribution in [-0.4, -0.2) is 30.8 Å². The van der Waals surface area contributed by atoms with Crippen LogP contribution in [-0.2, 0) is 14.3 Å². The Kier molecular flexibility index (Phi) is 7.47. The van der Waals surface area contributed by atoms with E-state index in [0.29, 0.717) is 17.2 Å². The molecule has 138 valence electrons. The average Bonchev–Trinajstić information content (AvgIpc) is 2.63. The highest BCUT2D eigenvalue weighted by molar-refractivity contribution is 7.99. The Hall–Kier alpha value is -2.54. The van der Waals surface area contributed by atoms with Crippen molar-refractivity contribution in [1.82, 2.24) is 0 Å². The zero-order valence-corrected chi connectivity index (χ0v) is 15.3. The number of thioether (sulfide) groups is 1. The van der Waals surface area contributed by atoms with E-state index in [4.69, 9.17) is 9.47 Å². The van der Waals surface area contributed by atoms with Gasteiger partial charge in [-0.15, -0.1) is 11.8 Å². The molecule has 0 aliphatic rings. The van der Waals surface area contributed by atoms with Crippen molar-refractivity contribution in [3.05, 3.63) is 54.3 Å². The predicted molar refractivity (Wildman–Crippen MR) is 98.9 cm³/mol. The molecule has 1 atom stereocenters. The van der Waals surface area contributed by atoms with Gasteiger partial charge in [0, 0.05) is 22.4 Å². The molecule has 0 bridgehead atoms. The van der Waals surface area contributed by atoms with Crippen molar-refractivity contribution >= 4 is 29.3 Å². The van der Waals surface area contributed by atoms with Crippen LogP contribution in [0.25, 0.3) is 0 Å². The SMILES string of the molecule is COc1cccc(NC(=O)[C@@H](C)OC(=O)CCSc2ccc(F)cc2)c1. The zero-order valence-electron chi connectivity index (χ0n) is 14.5. The first-order valence-corrected chi connectivity index (χ1v) is 8.99. The second-order valence-electron chi connectivity index (χ2n) is 5.41. The molecule has 0 saturated heterocycles. The third kappa shape index (κ3) is 6.40. The fraction of sp³-hybridized carbons (Fsp3) is 0.263. The summed E-state index contributed by atoms with van der Waals surface area (Å²) in [5.41, 5.74) is 0.559. The third-order valence-electron chi connectivity index (χ3n) is 3.40. The molecule has 2 aromatic rings. The Morgan fingerprint density at radius 2 is 1.92 bits per heavy atom. The molecular weight excluding hydrogens is 357 g/mol. The number of anilines is 1. The summed E-state index contributed by atoms with van der Waals surface area (Å²) in [6, 6.07) is 12.9. The fourth-order valence-electron chi connectivity index (χ4n) is 2.04. The number of amides is 1. The molecule has 0 aliphatic heterocycles. The van der Waals surface area contributed by atoms with Gasteiger partial charge in [0.2, 0.25) is 0 Å². The van der Waals surface area contributed by atoms with E-state index in [1.54, 1.807) is 36.4 Å². The monoisotopic (exact) mass is 377 g/mol. The van der Waals surface area contributed by atoms with Gasteiger partial charge >= 0.3 is 5.97 Å². The van der Waals surface area contributed by atoms with Gasteiger partial charge in [-0.1, -0.05) is 6.07 Å². The lowest BCUT2D eigenvalue weighted by Crippen LogP contribution is -2.30. The molecule has 0 radical (unpaired) electrons. The first-order valence-electron chi connectivity index (χ1n) is 8.00. The molecule has 1 N–H and O–H groups in total. The molecule has 0 aromatic heterocycles. The van der Waals surface area contributed by atoms with E-state index in [1.165, 1.54) is 37.9 Å². The Labute approximate surface area is 155 Å². The van der Waals surface area contributed by atoms with E-state index in [2.05, 4.69) is 5.32 Å². The molecular formula is C19H20FNO4S. The van der Waals surface area contributed by atoms with Crippen LogP contribution < -0.4 is 10.1 Å². The molecule has 0 spiro atoms. The lowest BCUT2D eigenvalue weighted by Gasteiger charge is -2.14. The average molecular weight is 377 g/mol. The topological polar surface area (TPSA) is 64.6 Å². The van der Waals surface area contributed by atoms with Crippen molar-refractivity contribution in [3.63, 3.8) is 0 Å². The Balaban J connectivity index is 1.74. The lowest BCUT2D eigenvalue weighted by atomic mass is 10.3. The quantitative estimate of drug-likeness (QED) is 0.559. The van der Waals surface area contributed by atoms with Gasteiger partial charge in [-0.2, -0.15) is 0 Å². The predicted octanol–water partition coefficient (Wildman–Crippen LogP) is 3.89. The summed E-state index contributed by atoms with van der Waals surface area (Å²) >= 11 is 1.42. The Bertz CT molecular complexity index is 751. The van der Waals surface area contributed by atoms with E-state index in [9.17, 15) is 14.0 Å². The van der Waals surface area contributed by atoms with Crippen LogP contribution in [0.3, 0.4) is 0 Å². The number of carbonyl (C=O) groups is 2. The molecule has 0 heterocycles. The number of rotatable bonds is 8. The fourth-order valence-corrected chi connectivity index (χ4v) is 2.87. The molecule has 0 aliphatic carbocycles. The molecule has 2 rings (SSSR count). The molecule has 5 nitrogen and oxygen atoms in total. The molecule has 1 amide bonds. The van der Waals surface area contributed by atoms with E-state index >= 15 is 0 Å². The van der Waals surface area contributed by atoms with E-state index in [0.717, 1.165) is 4.90 Å². The first kappa shape index (κ1) is 19.8. The van der Waals surface area contributed by atoms with Gasteiger partial charge in [0.25, 0.3) is 5.91 Å². The van der Waals surface area contributed by atoms with Gasteiger partial charge in [-0.25, -0.2) is 4.39 Å². The number of halogens is 1. The molecule has 0 saturated carbocycles. The molecule has 0 fully saturated rings. The van der Waals surface area contributed by atoms with Crippen LogP contribution in [0.15, 0.2) is 53.4 Å². The second kappa shape index (κ2) is 9.82. The maximum atomic E-state index is 12.8.